The molecule has 0 aromatic heterocycles. The maximum atomic E-state index is 12.0. The summed E-state index contributed by atoms with van der Waals surface area (Å²) in [6, 6.07) is 0. The van der Waals surface area contributed by atoms with Crippen LogP contribution in [-0.4, -0.2) is 11.8 Å². The molecule has 1 saturated carbocycles. The van der Waals surface area contributed by atoms with Gasteiger partial charge in [0.25, 0.3) is 0 Å². The van der Waals surface area contributed by atoms with Gasteiger partial charge in [0.2, 0.25) is 11.8 Å². The molecule has 4 unspecified atom stereocenters. The Labute approximate surface area is 139 Å². The molecule has 0 aliphatic heterocycles. The summed E-state index contributed by atoms with van der Waals surface area (Å²) in [5.74, 6) is -1.07. The van der Waals surface area contributed by atoms with E-state index in [2.05, 4.69) is 20.8 Å². The number of nitrogens with two attached hydrogens (primary N) is 2. The highest BCUT2D eigenvalue weighted by Gasteiger charge is 2.53. The number of primary amides is 2. The zero-order chi connectivity index (χ0) is 17.0. The number of fused-ring (bicyclic) bond motifs is 2. The lowest BCUT2D eigenvalue weighted by Crippen LogP contribution is -2.51. The van der Waals surface area contributed by atoms with E-state index < -0.39 is 5.92 Å². The van der Waals surface area contributed by atoms with Crippen molar-refractivity contribution in [2.45, 2.75) is 65.7 Å². The molecule has 0 aromatic rings. The Hall–Kier alpha value is -1.32. The molecule has 23 heavy (non-hydrogen) atoms. The third-order valence-corrected chi connectivity index (χ3v) is 7.14. The standard InChI is InChI=1S/C19H30N2O2/c1-18(2)8-4-5-15-14(18)7-6-11-9-12(16(20)22)13(17(21)23)10-19(11,15)3/h11-13H,4-10H2,1-3H3,(H2,20,22)(H2,21,23). The first-order valence-electron chi connectivity index (χ1n) is 8.98. The van der Waals surface area contributed by atoms with E-state index in [9.17, 15) is 9.59 Å². The van der Waals surface area contributed by atoms with Crippen molar-refractivity contribution in [1.82, 2.24) is 0 Å². The van der Waals surface area contributed by atoms with Gasteiger partial charge >= 0.3 is 0 Å². The molecule has 4 nitrogen and oxygen atoms in total. The summed E-state index contributed by atoms with van der Waals surface area (Å²) in [6.07, 6.45) is 7.25. The minimum atomic E-state index is -0.411. The van der Waals surface area contributed by atoms with E-state index in [1.54, 1.807) is 11.1 Å². The average molecular weight is 318 g/mol. The van der Waals surface area contributed by atoms with Crippen molar-refractivity contribution in [3.05, 3.63) is 11.1 Å². The van der Waals surface area contributed by atoms with Crippen molar-refractivity contribution in [3.63, 3.8) is 0 Å². The number of carbonyl (C=O) groups excluding carboxylic acids is 2. The van der Waals surface area contributed by atoms with E-state index in [4.69, 9.17) is 11.5 Å². The Morgan fingerprint density at radius 3 is 2.26 bits per heavy atom. The number of carbonyl (C=O) groups is 2. The fraction of sp³-hybridized carbons (Fsp3) is 0.789. The number of amides is 2. The Bertz CT molecular complexity index is 578. The lowest BCUT2D eigenvalue weighted by atomic mass is 9.49. The summed E-state index contributed by atoms with van der Waals surface area (Å²) in [5.41, 5.74) is 14.7. The van der Waals surface area contributed by atoms with E-state index in [1.165, 1.54) is 12.8 Å². The van der Waals surface area contributed by atoms with Crippen molar-refractivity contribution in [1.29, 1.82) is 0 Å². The normalized spacial score (nSPS) is 39.3. The predicted molar refractivity (Wildman–Crippen MR) is 90.1 cm³/mol. The van der Waals surface area contributed by atoms with Gasteiger partial charge in [-0.25, -0.2) is 0 Å². The quantitative estimate of drug-likeness (QED) is 0.767. The van der Waals surface area contributed by atoms with E-state index in [1.807, 2.05) is 0 Å². The van der Waals surface area contributed by atoms with Gasteiger partial charge in [-0.15, -0.1) is 0 Å². The zero-order valence-electron chi connectivity index (χ0n) is 14.7. The maximum absolute atomic E-state index is 12.0. The number of allylic oxidation sites excluding steroid dienone is 2. The zero-order valence-corrected chi connectivity index (χ0v) is 14.7. The Morgan fingerprint density at radius 1 is 1.00 bits per heavy atom. The fourth-order valence-electron chi connectivity index (χ4n) is 5.77. The van der Waals surface area contributed by atoms with Gasteiger partial charge in [0.05, 0.1) is 5.92 Å². The topological polar surface area (TPSA) is 86.2 Å². The first-order valence-corrected chi connectivity index (χ1v) is 8.98. The van der Waals surface area contributed by atoms with Crippen molar-refractivity contribution in [3.8, 4) is 0 Å². The third kappa shape index (κ3) is 2.50. The molecule has 2 amide bonds. The van der Waals surface area contributed by atoms with Crippen LogP contribution in [0.1, 0.15) is 65.7 Å². The Morgan fingerprint density at radius 2 is 1.65 bits per heavy atom. The number of rotatable bonds is 2. The molecule has 0 saturated heterocycles. The molecule has 0 aromatic carbocycles. The van der Waals surface area contributed by atoms with Crippen LogP contribution in [0.5, 0.6) is 0 Å². The molecule has 4 heteroatoms. The van der Waals surface area contributed by atoms with Gasteiger partial charge in [-0.1, -0.05) is 31.9 Å². The monoisotopic (exact) mass is 318 g/mol. The number of hydrogen-bond acceptors (Lipinski definition) is 2. The second kappa shape index (κ2) is 5.35. The Balaban J connectivity index is 2.02. The summed E-state index contributed by atoms with van der Waals surface area (Å²) in [6.45, 7) is 7.01. The molecule has 3 aliphatic rings. The smallest absolute Gasteiger partial charge is 0.221 e. The lowest BCUT2D eigenvalue weighted by molar-refractivity contribution is -0.137. The van der Waals surface area contributed by atoms with Crippen molar-refractivity contribution >= 4 is 11.8 Å². The number of hydrogen-bond donors (Lipinski definition) is 2. The van der Waals surface area contributed by atoms with Crippen LogP contribution in [0.3, 0.4) is 0 Å². The maximum Gasteiger partial charge on any atom is 0.221 e. The van der Waals surface area contributed by atoms with E-state index in [-0.39, 0.29) is 28.6 Å². The lowest BCUT2D eigenvalue weighted by Gasteiger charge is -2.55. The Kier molecular flexibility index (Phi) is 3.85. The largest absolute Gasteiger partial charge is 0.369 e. The fourth-order valence-corrected chi connectivity index (χ4v) is 5.77. The van der Waals surface area contributed by atoms with Gasteiger partial charge in [0, 0.05) is 5.92 Å². The highest BCUT2D eigenvalue weighted by atomic mass is 16.2. The molecule has 4 N–H and O–H groups in total. The van der Waals surface area contributed by atoms with Gasteiger partial charge in [-0.3, -0.25) is 9.59 Å². The molecular weight excluding hydrogens is 288 g/mol. The SMILES string of the molecule is CC1(C)CCCC2=C1CCC1CC(C(N)=O)C(C(N)=O)CC21C. The van der Waals surface area contributed by atoms with Crippen molar-refractivity contribution < 1.29 is 9.59 Å². The molecule has 0 heterocycles. The van der Waals surface area contributed by atoms with E-state index in [0.717, 1.165) is 25.7 Å². The summed E-state index contributed by atoms with van der Waals surface area (Å²) >= 11 is 0. The summed E-state index contributed by atoms with van der Waals surface area (Å²) in [5, 5.41) is 0. The molecular formula is C19H30N2O2. The summed E-state index contributed by atoms with van der Waals surface area (Å²) in [4.78, 5) is 23.8. The molecule has 4 atom stereocenters. The predicted octanol–water partition coefficient (Wildman–Crippen LogP) is 2.91. The second-order valence-electron chi connectivity index (χ2n) is 8.81. The van der Waals surface area contributed by atoms with Crippen LogP contribution in [0, 0.1) is 28.6 Å². The first kappa shape index (κ1) is 16.5. The van der Waals surface area contributed by atoms with E-state index >= 15 is 0 Å². The van der Waals surface area contributed by atoms with Crippen LogP contribution in [0.4, 0.5) is 0 Å². The summed E-state index contributed by atoms with van der Waals surface area (Å²) in [7, 11) is 0. The van der Waals surface area contributed by atoms with Gasteiger partial charge in [-0.2, -0.15) is 0 Å². The molecule has 3 aliphatic carbocycles. The van der Waals surface area contributed by atoms with Crippen LogP contribution in [0.2, 0.25) is 0 Å². The molecule has 1 fully saturated rings. The van der Waals surface area contributed by atoms with Crippen molar-refractivity contribution in [2.24, 2.45) is 40.1 Å². The van der Waals surface area contributed by atoms with Gasteiger partial charge in [-0.05, 0) is 61.7 Å². The minimum Gasteiger partial charge on any atom is -0.369 e. The van der Waals surface area contributed by atoms with E-state index in [0.29, 0.717) is 12.3 Å². The van der Waals surface area contributed by atoms with Crippen LogP contribution in [-0.2, 0) is 9.59 Å². The van der Waals surface area contributed by atoms with Crippen LogP contribution < -0.4 is 11.5 Å². The minimum absolute atomic E-state index is 0.0108. The molecule has 3 rings (SSSR count). The highest BCUT2D eigenvalue weighted by molar-refractivity contribution is 5.86. The molecule has 0 spiro atoms. The highest BCUT2D eigenvalue weighted by Crippen LogP contribution is 2.61. The third-order valence-electron chi connectivity index (χ3n) is 7.14. The molecule has 0 radical (unpaired) electrons. The second-order valence-corrected chi connectivity index (χ2v) is 8.81. The van der Waals surface area contributed by atoms with Crippen LogP contribution in [0.15, 0.2) is 11.1 Å². The molecule has 128 valence electrons. The van der Waals surface area contributed by atoms with Crippen LogP contribution >= 0.6 is 0 Å². The summed E-state index contributed by atoms with van der Waals surface area (Å²) < 4.78 is 0. The van der Waals surface area contributed by atoms with Crippen molar-refractivity contribution in [2.75, 3.05) is 0 Å². The molecule has 0 bridgehead atoms. The van der Waals surface area contributed by atoms with Gasteiger partial charge < -0.3 is 11.5 Å². The average Bonchev–Trinajstić information content (AvgIpc) is 2.45. The first-order chi connectivity index (χ1) is 10.7. The van der Waals surface area contributed by atoms with Crippen LogP contribution in [0.25, 0.3) is 0 Å². The van der Waals surface area contributed by atoms with Gasteiger partial charge in [0.1, 0.15) is 0 Å². The van der Waals surface area contributed by atoms with Gasteiger partial charge in [0.15, 0.2) is 0 Å².